The summed E-state index contributed by atoms with van der Waals surface area (Å²) in [5, 5.41) is 4.99. The molecule has 0 aromatic heterocycles. The molecule has 0 saturated carbocycles. The summed E-state index contributed by atoms with van der Waals surface area (Å²) in [6.45, 7) is 2.47. The molecule has 0 aliphatic carbocycles. The average molecular weight is 497 g/mol. The second-order valence-corrected chi connectivity index (χ2v) is 8.81. The van der Waals surface area contributed by atoms with Gasteiger partial charge in [0.05, 0.1) is 5.69 Å². The summed E-state index contributed by atoms with van der Waals surface area (Å²) in [6, 6.07) is 24.8. The lowest BCUT2D eigenvalue weighted by Crippen LogP contribution is -2.54. The third-order valence-electron chi connectivity index (χ3n) is 6.04. The molecule has 1 fully saturated rings. The molecule has 0 spiro atoms. The number of carbonyl (C=O) groups excluding carboxylic acids is 3. The Kier molecular flexibility index (Phi) is 6.27. The van der Waals surface area contributed by atoms with Gasteiger partial charge in [-0.2, -0.15) is 0 Å². The number of aryl methyl sites for hydroxylation is 1. The Morgan fingerprint density at radius 1 is 0.889 bits per heavy atom. The average Bonchev–Trinajstić information content (AvgIpc) is 2.88. The summed E-state index contributed by atoms with van der Waals surface area (Å²) < 4.78 is 6.04. The molecule has 1 saturated heterocycles. The minimum atomic E-state index is -0.808. The Hall–Kier alpha value is -4.42. The van der Waals surface area contributed by atoms with Gasteiger partial charge < -0.3 is 4.74 Å². The number of amides is 4. The van der Waals surface area contributed by atoms with E-state index in [2.05, 4.69) is 36.5 Å². The fourth-order valence-electron chi connectivity index (χ4n) is 4.10. The van der Waals surface area contributed by atoms with E-state index in [9.17, 15) is 14.4 Å². The van der Waals surface area contributed by atoms with Crippen LogP contribution in [-0.4, -0.2) is 17.8 Å². The SMILES string of the molecule is Cc1ccc2ccccc2c1COc1ccc(/C=C2\C(=O)NC(=O)N(c3ccc(Cl)cc3)C2=O)cc1. The van der Waals surface area contributed by atoms with Crippen molar-refractivity contribution in [1.29, 1.82) is 0 Å². The first-order valence-corrected chi connectivity index (χ1v) is 11.7. The van der Waals surface area contributed by atoms with Gasteiger partial charge >= 0.3 is 6.03 Å². The number of carbonyl (C=O) groups is 3. The van der Waals surface area contributed by atoms with Crippen LogP contribution in [0.15, 0.2) is 90.5 Å². The molecule has 0 bridgehead atoms. The molecule has 4 aromatic carbocycles. The van der Waals surface area contributed by atoms with E-state index >= 15 is 0 Å². The smallest absolute Gasteiger partial charge is 0.335 e. The zero-order chi connectivity index (χ0) is 25.2. The second kappa shape index (κ2) is 9.68. The zero-order valence-corrected chi connectivity index (χ0v) is 20.1. The molecule has 178 valence electrons. The molecule has 5 rings (SSSR count). The van der Waals surface area contributed by atoms with E-state index in [1.807, 2.05) is 12.1 Å². The van der Waals surface area contributed by atoms with Crippen LogP contribution in [0, 0.1) is 6.92 Å². The lowest BCUT2D eigenvalue weighted by atomic mass is 10.0. The molecule has 4 aromatic rings. The Bertz CT molecular complexity index is 1530. The number of nitrogens with one attached hydrogen (secondary N) is 1. The highest BCUT2D eigenvalue weighted by Crippen LogP contribution is 2.26. The van der Waals surface area contributed by atoms with Crippen LogP contribution in [0.2, 0.25) is 5.02 Å². The summed E-state index contributed by atoms with van der Waals surface area (Å²) in [7, 11) is 0. The van der Waals surface area contributed by atoms with Gasteiger partial charge in [0.15, 0.2) is 0 Å². The summed E-state index contributed by atoms with van der Waals surface area (Å²) in [5.74, 6) is -0.804. The van der Waals surface area contributed by atoms with Gasteiger partial charge in [-0.1, -0.05) is 60.1 Å². The van der Waals surface area contributed by atoms with E-state index in [0.717, 1.165) is 26.8 Å². The molecular formula is C29H21ClN2O4. The van der Waals surface area contributed by atoms with E-state index in [4.69, 9.17) is 16.3 Å². The van der Waals surface area contributed by atoms with Gasteiger partial charge in [-0.3, -0.25) is 14.9 Å². The maximum atomic E-state index is 13.0. The summed E-state index contributed by atoms with van der Waals surface area (Å²) in [5.41, 5.74) is 3.05. The quantitative estimate of drug-likeness (QED) is 0.270. The summed E-state index contributed by atoms with van der Waals surface area (Å²) in [6.07, 6.45) is 1.45. The van der Waals surface area contributed by atoms with Crippen LogP contribution in [0.4, 0.5) is 10.5 Å². The standard InChI is InChI=1S/C29H21ClN2O4/c1-18-6-9-20-4-2-3-5-24(20)26(18)17-36-23-14-7-19(8-15-23)16-25-27(33)31-29(35)32(28(25)34)22-12-10-21(30)11-13-22/h2-16H,17H2,1H3,(H,31,33,35)/b25-16+. The van der Waals surface area contributed by atoms with Gasteiger partial charge in [-0.05, 0) is 71.3 Å². The molecule has 1 aliphatic heterocycles. The normalized spacial score (nSPS) is 14.9. The van der Waals surface area contributed by atoms with E-state index in [0.29, 0.717) is 28.6 Å². The van der Waals surface area contributed by atoms with Crippen molar-refractivity contribution in [3.05, 3.63) is 112 Å². The van der Waals surface area contributed by atoms with Gasteiger partial charge in [0, 0.05) is 10.6 Å². The van der Waals surface area contributed by atoms with Crippen LogP contribution in [-0.2, 0) is 16.2 Å². The Labute approximate surface area is 212 Å². The lowest BCUT2D eigenvalue weighted by Gasteiger charge is -2.26. The number of anilines is 1. The minimum Gasteiger partial charge on any atom is -0.489 e. The third kappa shape index (κ3) is 4.59. The monoisotopic (exact) mass is 496 g/mol. The van der Waals surface area contributed by atoms with Crippen molar-refractivity contribution < 1.29 is 19.1 Å². The molecule has 1 heterocycles. The van der Waals surface area contributed by atoms with E-state index in [1.165, 1.54) is 18.2 Å². The number of nitrogens with zero attached hydrogens (tertiary/aromatic N) is 1. The highest BCUT2D eigenvalue weighted by molar-refractivity contribution is 6.39. The Morgan fingerprint density at radius 2 is 1.61 bits per heavy atom. The fourth-order valence-corrected chi connectivity index (χ4v) is 4.23. The van der Waals surface area contributed by atoms with Gasteiger partial charge in [0.25, 0.3) is 11.8 Å². The molecule has 1 N–H and O–H groups in total. The maximum Gasteiger partial charge on any atom is 0.335 e. The zero-order valence-electron chi connectivity index (χ0n) is 19.3. The van der Waals surface area contributed by atoms with Crippen molar-refractivity contribution in [2.24, 2.45) is 0 Å². The number of ether oxygens (including phenoxy) is 1. The van der Waals surface area contributed by atoms with Crippen LogP contribution < -0.4 is 15.0 Å². The highest BCUT2D eigenvalue weighted by Gasteiger charge is 2.36. The van der Waals surface area contributed by atoms with Crippen molar-refractivity contribution in [2.45, 2.75) is 13.5 Å². The highest BCUT2D eigenvalue weighted by atomic mass is 35.5. The number of hydrogen-bond acceptors (Lipinski definition) is 4. The third-order valence-corrected chi connectivity index (χ3v) is 6.29. The number of benzene rings is 4. The molecule has 0 unspecified atom stereocenters. The van der Waals surface area contributed by atoms with Crippen LogP contribution in [0.5, 0.6) is 5.75 Å². The predicted molar refractivity (Wildman–Crippen MR) is 140 cm³/mol. The fraction of sp³-hybridized carbons (Fsp3) is 0.0690. The molecule has 7 heteroatoms. The lowest BCUT2D eigenvalue weighted by molar-refractivity contribution is -0.122. The van der Waals surface area contributed by atoms with Crippen molar-refractivity contribution in [2.75, 3.05) is 4.90 Å². The maximum absolute atomic E-state index is 13.0. The molecule has 0 radical (unpaired) electrons. The van der Waals surface area contributed by atoms with Crippen molar-refractivity contribution in [3.63, 3.8) is 0 Å². The molecule has 0 atom stereocenters. The van der Waals surface area contributed by atoms with E-state index < -0.39 is 17.8 Å². The number of barbiturate groups is 1. The van der Waals surface area contributed by atoms with Crippen LogP contribution in [0.25, 0.3) is 16.8 Å². The number of halogens is 1. The molecular weight excluding hydrogens is 476 g/mol. The minimum absolute atomic E-state index is 0.149. The molecule has 36 heavy (non-hydrogen) atoms. The predicted octanol–water partition coefficient (Wildman–Crippen LogP) is 6.05. The first kappa shape index (κ1) is 23.3. The molecule has 6 nitrogen and oxygen atoms in total. The molecule has 1 aliphatic rings. The van der Waals surface area contributed by atoms with E-state index in [-0.39, 0.29) is 5.57 Å². The van der Waals surface area contributed by atoms with Crippen LogP contribution >= 0.6 is 11.6 Å². The number of hydrogen-bond donors (Lipinski definition) is 1. The second-order valence-electron chi connectivity index (χ2n) is 8.37. The summed E-state index contributed by atoms with van der Waals surface area (Å²) >= 11 is 5.91. The summed E-state index contributed by atoms with van der Waals surface area (Å²) in [4.78, 5) is 38.7. The number of urea groups is 1. The van der Waals surface area contributed by atoms with Crippen molar-refractivity contribution >= 4 is 52.0 Å². The van der Waals surface area contributed by atoms with Crippen LogP contribution in [0.1, 0.15) is 16.7 Å². The van der Waals surface area contributed by atoms with Crippen molar-refractivity contribution in [3.8, 4) is 5.75 Å². The number of imide groups is 2. The van der Waals surface area contributed by atoms with Gasteiger partial charge in [0.1, 0.15) is 17.9 Å². The first-order chi connectivity index (χ1) is 17.4. The van der Waals surface area contributed by atoms with Gasteiger partial charge in [-0.25, -0.2) is 9.69 Å². The Morgan fingerprint density at radius 3 is 2.36 bits per heavy atom. The Balaban J connectivity index is 1.35. The van der Waals surface area contributed by atoms with Gasteiger partial charge in [0.2, 0.25) is 0 Å². The first-order valence-electron chi connectivity index (χ1n) is 11.3. The molecule has 4 amide bonds. The van der Waals surface area contributed by atoms with Crippen molar-refractivity contribution in [1.82, 2.24) is 5.32 Å². The topological polar surface area (TPSA) is 75.7 Å². The van der Waals surface area contributed by atoms with Crippen LogP contribution in [0.3, 0.4) is 0 Å². The number of rotatable bonds is 5. The largest absolute Gasteiger partial charge is 0.489 e. The van der Waals surface area contributed by atoms with Gasteiger partial charge in [-0.15, -0.1) is 0 Å². The van der Waals surface area contributed by atoms with E-state index in [1.54, 1.807) is 36.4 Å². The number of fused-ring (bicyclic) bond motifs is 1.